The Kier molecular flexibility index (Phi) is 6.19. The van der Waals surface area contributed by atoms with Crippen molar-refractivity contribution in [2.24, 2.45) is 0 Å². The Morgan fingerprint density at radius 1 is 1.15 bits per heavy atom. The minimum atomic E-state index is -0.283. The fourth-order valence-corrected chi connectivity index (χ4v) is 3.86. The van der Waals surface area contributed by atoms with Gasteiger partial charge in [-0.15, -0.1) is 10.2 Å². The number of nitrogens with one attached hydrogen (secondary N) is 1. The van der Waals surface area contributed by atoms with E-state index < -0.39 is 0 Å². The monoisotopic (exact) mass is 388 g/mol. The molecular weight excluding hydrogens is 371 g/mol. The van der Waals surface area contributed by atoms with E-state index in [1.54, 1.807) is 24.1 Å². The largest absolute Gasteiger partial charge is 0.341 e. The molecule has 8 heteroatoms. The van der Waals surface area contributed by atoms with Crippen molar-refractivity contribution < 1.29 is 9.18 Å². The van der Waals surface area contributed by atoms with Crippen LogP contribution in [-0.2, 0) is 11.3 Å². The van der Waals surface area contributed by atoms with Crippen LogP contribution < -0.4 is 5.32 Å². The predicted molar refractivity (Wildman–Crippen MR) is 103 cm³/mol. The van der Waals surface area contributed by atoms with Gasteiger partial charge in [0.15, 0.2) is 4.34 Å². The highest BCUT2D eigenvalue weighted by Gasteiger charge is 2.12. The van der Waals surface area contributed by atoms with Crippen LogP contribution in [0.3, 0.4) is 0 Å². The summed E-state index contributed by atoms with van der Waals surface area (Å²) in [6, 6.07) is 15.9. The summed E-state index contributed by atoms with van der Waals surface area (Å²) in [5.74, 6) is -0.0286. The molecule has 5 nitrogen and oxygen atoms in total. The molecule has 2 aromatic carbocycles. The fraction of sp³-hybridized carbons (Fsp3) is 0.167. The zero-order chi connectivity index (χ0) is 18.4. The highest BCUT2D eigenvalue weighted by Crippen LogP contribution is 2.27. The molecule has 0 atom stereocenters. The van der Waals surface area contributed by atoms with Crippen molar-refractivity contribution in [3.63, 3.8) is 0 Å². The Morgan fingerprint density at radius 2 is 1.88 bits per heavy atom. The Morgan fingerprint density at radius 3 is 2.62 bits per heavy atom. The Balaban J connectivity index is 1.49. The van der Waals surface area contributed by atoms with Gasteiger partial charge in [0.1, 0.15) is 5.82 Å². The molecule has 0 aliphatic carbocycles. The molecule has 26 heavy (non-hydrogen) atoms. The number of thioether (sulfide) groups is 1. The maximum absolute atomic E-state index is 12.9. The van der Waals surface area contributed by atoms with Crippen LogP contribution in [0.4, 0.5) is 15.2 Å². The standard InChI is InChI=1S/C18H17FN4OS2/c1-23(11-13-7-9-14(19)10-8-13)16(24)12-25-18-22-21-17(26-18)20-15-5-3-2-4-6-15/h2-10H,11-12H2,1H3,(H,20,21). The average molecular weight is 388 g/mol. The second-order valence-corrected chi connectivity index (χ2v) is 7.73. The van der Waals surface area contributed by atoms with Crippen LogP contribution in [0.15, 0.2) is 58.9 Å². The smallest absolute Gasteiger partial charge is 0.233 e. The van der Waals surface area contributed by atoms with E-state index in [1.165, 1.54) is 35.2 Å². The molecule has 1 aromatic heterocycles. The molecule has 0 bridgehead atoms. The van der Waals surface area contributed by atoms with Crippen LogP contribution in [-0.4, -0.2) is 33.8 Å². The minimum absolute atomic E-state index is 0.0212. The molecule has 3 aromatic rings. The van der Waals surface area contributed by atoms with Gasteiger partial charge in [0.2, 0.25) is 11.0 Å². The van der Waals surface area contributed by atoms with Gasteiger partial charge >= 0.3 is 0 Å². The SMILES string of the molecule is CN(Cc1ccc(F)cc1)C(=O)CSc1nnc(Nc2ccccc2)s1. The molecule has 0 aliphatic heterocycles. The van der Waals surface area contributed by atoms with Gasteiger partial charge in [0.25, 0.3) is 0 Å². The van der Waals surface area contributed by atoms with Crippen molar-refractivity contribution in [2.75, 3.05) is 18.1 Å². The van der Waals surface area contributed by atoms with Crippen LogP contribution in [0, 0.1) is 5.82 Å². The maximum atomic E-state index is 12.9. The molecule has 0 saturated carbocycles. The van der Waals surface area contributed by atoms with Crippen molar-refractivity contribution in [3.8, 4) is 0 Å². The number of halogens is 1. The number of amides is 1. The van der Waals surface area contributed by atoms with Crippen molar-refractivity contribution in [2.45, 2.75) is 10.9 Å². The van der Waals surface area contributed by atoms with Crippen molar-refractivity contribution >= 4 is 39.8 Å². The molecule has 0 saturated heterocycles. The summed E-state index contributed by atoms with van der Waals surface area (Å²) in [5, 5.41) is 12.0. The van der Waals surface area contributed by atoms with Gasteiger partial charge in [-0.25, -0.2) is 4.39 Å². The number of hydrogen-bond acceptors (Lipinski definition) is 6. The summed E-state index contributed by atoms with van der Waals surface area (Å²) >= 11 is 2.76. The molecule has 1 heterocycles. The molecule has 1 N–H and O–H groups in total. The molecule has 134 valence electrons. The number of para-hydroxylation sites is 1. The number of benzene rings is 2. The fourth-order valence-electron chi connectivity index (χ4n) is 2.15. The van der Waals surface area contributed by atoms with Gasteiger partial charge in [-0.2, -0.15) is 0 Å². The normalized spacial score (nSPS) is 10.5. The summed E-state index contributed by atoms with van der Waals surface area (Å²) in [6.07, 6.45) is 0. The number of hydrogen-bond donors (Lipinski definition) is 1. The Labute approximate surface area is 159 Å². The van der Waals surface area contributed by atoms with E-state index in [0.29, 0.717) is 11.7 Å². The van der Waals surface area contributed by atoms with Gasteiger partial charge in [-0.05, 0) is 29.8 Å². The van der Waals surface area contributed by atoms with Crippen LogP contribution in [0.25, 0.3) is 0 Å². The molecular formula is C18H17FN4OS2. The van der Waals surface area contributed by atoms with E-state index in [-0.39, 0.29) is 17.5 Å². The average Bonchev–Trinajstić information content (AvgIpc) is 3.09. The Hall–Kier alpha value is -2.45. The Bertz CT molecular complexity index is 855. The summed E-state index contributed by atoms with van der Waals surface area (Å²) in [4.78, 5) is 13.9. The first-order valence-corrected chi connectivity index (χ1v) is 9.67. The molecule has 0 radical (unpaired) electrons. The third-order valence-corrected chi connectivity index (χ3v) is 5.47. The van der Waals surface area contributed by atoms with E-state index in [4.69, 9.17) is 0 Å². The third kappa shape index (κ3) is 5.27. The first-order chi connectivity index (χ1) is 12.6. The van der Waals surface area contributed by atoms with E-state index in [9.17, 15) is 9.18 Å². The van der Waals surface area contributed by atoms with E-state index >= 15 is 0 Å². The summed E-state index contributed by atoms with van der Waals surface area (Å²) < 4.78 is 13.7. The second-order valence-electron chi connectivity index (χ2n) is 5.53. The molecule has 0 spiro atoms. The van der Waals surface area contributed by atoms with Crippen molar-refractivity contribution in [1.29, 1.82) is 0 Å². The first-order valence-electron chi connectivity index (χ1n) is 7.87. The molecule has 1 amide bonds. The quantitative estimate of drug-likeness (QED) is 0.616. The number of carbonyl (C=O) groups is 1. The number of anilines is 2. The number of aromatic nitrogens is 2. The van der Waals surface area contributed by atoms with Gasteiger partial charge in [0, 0.05) is 19.3 Å². The highest BCUT2D eigenvalue weighted by atomic mass is 32.2. The second kappa shape index (κ2) is 8.77. The third-order valence-electron chi connectivity index (χ3n) is 3.51. The van der Waals surface area contributed by atoms with E-state index in [1.807, 2.05) is 30.3 Å². The number of rotatable bonds is 7. The number of nitrogens with zero attached hydrogens (tertiary/aromatic N) is 3. The van der Waals surface area contributed by atoms with Gasteiger partial charge in [-0.1, -0.05) is 53.4 Å². The predicted octanol–water partition coefficient (Wildman–Crippen LogP) is 4.17. The number of carbonyl (C=O) groups excluding carboxylic acids is 1. The zero-order valence-corrected chi connectivity index (χ0v) is 15.7. The maximum Gasteiger partial charge on any atom is 0.233 e. The van der Waals surface area contributed by atoms with Gasteiger partial charge in [-0.3, -0.25) is 4.79 Å². The van der Waals surface area contributed by atoms with Crippen molar-refractivity contribution in [1.82, 2.24) is 15.1 Å². The van der Waals surface area contributed by atoms with E-state index in [2.05, 4.69) is 15.5 Å². The lowest BCUT2D eigenvalue weighted by molar-refractivity contribution is -0.127. The van der Waals surface area contributed by atoms with E-state index in [0.717, 1.165) is 15.6 Å². The zero-order valence-electron chi connectivity index (χ0n) is 14.1. The van der Waals surface area contributed by atoms with Crippen LogP contribution in [0.5, 0.6) is 0 Å². The van der Waals surface area contributed by atoms with Crippen LogP contribution in [0.2, 0.25) is 0 Å². The topological polar surface area (TPSA) is 58.1 Å². The minimum Gasteiger partial charge on any atom is -0.341 e. The lowest BCUT2D eigenvalue weighted by atomic mass is 10.2. The molecule has 0 fully saturated rings. The first kappa shape index (κ1) is 18.3. The lowest BCUT2D eigenvalue weighted by Crippen LogP contribution is -2.27. The summed E-state index contributed by atoms with van der Waals surface area (Å²) in [6.45, 7) is 0.441. The summed E-state index contributed by atoms with van der Waals surface area (Å²) in [7, 11) is 1.73. The van der Waals surface area contributed by atoms with Crippen LogP contribution >= 0.6 is 23.1 Å². The van der Waals surface area contributed by atoms with Gasteiger partial charge in [0.05, 0.1) is 5.75 Å². The van der Waals surface area contributed by atoms with Crippen LogP contribution in [0.1, 0.15) is 5.56 Å². The molecule has 0 aliphatic rings. The van der Waals surface area contributed by atoms with Gasteiger partial charge < -0.3 is 10.2 Å². The molecule has 0 unspecified atom stereocenters. The lowest BCUT2D eigenvalue weighted by Gasteiger charge is -2.16. The van der Waals surface area contributed by atoms with Crippen molar-refractivity contribution in [3.05, 3.63) is 66.0 Å². The highest BCUT2D eigenvalue weighted by molar-refractivity contribution is 8.01. The molecule has 3 rings (SSSR count). The summed E-state index contributed by atoms with van der Waals surface area (Å²) in [5.41, 5.74) is 1.83.